The Balaban J connectivity index is 2.21. The molecule has 0 saturated heterocycles. The summed E-state index contributed by atoms with van der Waals surface area (Å²) in [6, 6.07) is 23.3. The maximum atomic E-state index is 12.8. The van der Waals surface area contributed by atoms with Gasteiger partial charge in [0.2, 0.25) is 12.2 Å². The summed E-state index contributed by atoms with van der Waals surface area (Å²) in [6.07, 6.45) is 2.72. The van der Waals surface area contributed by atoms with Crippen molar-refractivity contribution >= 4 is 62.2 Å². The van der Waals surface area contributed by atoms with Crippen LogP contribution in [0.25, 0.3) is 0 Å². The van der Waals surface area contributed by atoms with E-state index in [4.69, 9.17) is 16.3 Å². The van der Waals surface area contributed by atoms with Gasteiger partial charge in [0.05, 0.1) is 52.1 Å². The van der Waals surface area contributed by atoms with Crippen molar-refractivity contribution in [2.75, 3.05) is 16.9 Å². The molecule has 0 saturated carbocycles. The Kier molecular flexibility index (Phi) is 10.3. The van der Waals surface area contributed by atoms with Crippen LogP contribution in [0, 0.1) is 34.1 Å². The Hall–Kier alpha value is -5.54. The lowest BCUT2D eigenvalue weighted by Crippen LogP contribution is -2.40. The Morgan fingerprint density at radius 1 is 0.867 bits per heavy atom. The van der Waals surface area contributed by atoms with Crippen LogP contribution in [0.4, 0.5) is 22.7 Å². The van der Waals surface area contributed by atoms with Gasteiger partial charge in [-0.15, -0.1) is 4.99 Å². The zero-order chi connectivity index (χ0) is 32.7. The van der Waals surface area contributed by atoms with Crippen molar-refractivity contribution in [1.29, 1.82) is 15.8 Å². The highest BCUT2D eigenvalue weighted by molar-refractivity contribution is 9.10. The van der Waals surface area contributed by atoms with Gasteiger partial charge in [-0.2, -0.15) is 15.8 Å². The Morgan fingerprint density at radius 3 is 2.02 bits per heavy atom. The average molecular weight is 684 g/mol. The number of para-hydroxylation sites is 2. The summed E-state index contributed by atoms with van der Waals surface area (Å²) in [5, 5.41) is 53.2. The highest BCUT2D eigenvalue weighted by Gasteiger charge is 2.34. The largest absolute Gasteiger partial charge is 0.505 e. The molecule has 0 unspecified atom stereocenters. The number of benzene rings is 4. The molecule has 10 nitrogen and oxygen atoms in total. The van der Waals surface area contributed by atoms with E-state index in [2.05, 4.69) is 27.0 Å². The number of carbonyl (C=O) groups is 1. The molecule has 0 aromatic heterocycles. The Morgan fingerprint density at radius 2 is 1.44 bits per heavy atom. The van der Waals surface area contributed by atoms with E-state index >= 15 is 0 Å². The highest BCUT2D eigenvalue weighted by Crippen LogP contribution is 2.46. The molecule has 2 N–H and O–H groups in total. The third-order valence-electron chi connectivity index (χ3n) is 6.77. The molecule has 45 heavy (non-hydrogen) atoms. The van der Waals surface area contributed by atoms with Crippen LogP contribution in [0.15, 0.2) is 82.3 Å². The van der Waals surface area contributed by atoms with Gasteiger partial charge in [-0.25, -0.2) is 4.79 Å². The van der Waals surface area contributed by atoms with Crippen molar-refractivity contribution in [3.63, 3.8) is 0 Å². The number of phenols is 2. The summed E-state index contributed by atoms with van der Waals surface area (Å²) in [7, 11) is 1.10. The van der Waals surface area contributed by atoms with Gasteiger partial charge < -0.3 is 14.9 Å². The zero-order valence-corrected chi connectivity index (χ0v) is 26.3. The number of guanidine groups is 1. The number of rotatable bonds is 7. The quantitative estimate of drug-likeness (QED) is 0.0858. The van der Waals surface area contributed by atoms with E-state index in [1.807, 2.05) is 13.0 Å². The Labute approximate surface area is 273 Å². The number of nitrogens with zero attached hydrogens (tertiary/aromatic N) is 6. The minimum absolute atomic E-state index is 0.00591. The normalized spacial score (nSPS) is 10.7. The van der Waals surface area contributed by atoms with Crippen LogP contribution in [-0.4, -0.2) is 29.3 Å². The van der Waals surface area contributed by atoms with Gasteiger partial charge in [0.15, 0.2) is 5.75 Å². The smallest absolute Gasteiger partial charge is 0.343 e. The fourth-order valence-electron chi connectivity index (χ4n) is 4.78. The Bertz CT molecular complexity index is 1900. The fraction of sp³-hybridized carbons (Fsp3) is 0.121. The molecule has 0 heterocycles. The monoisotopic (exact) mass is 682 g/mol. The minimum atomic E-state index is -0.992. The number of nitriles is 3. The summed E-state index contributed by atoms with van der Waals surface area (Å²) in [5.41, 5.74) is 0.634. The number of hydrogen-bond donors (Lipinski definition) is 2. The van der Waals surface area contributed by atoms with E-state index in [1.54, 1.807) is 54.7 Å². The molecule has 0 radical (unpaired) electrons. The first kappa shape index (κ1) is 32.4. The molecule has 0 aliphatic carbocycles. The summed E-state index contributed by atoms with van der Waals surface area (Å²) in [5.74, 6) is -2.18. The van der Waals surface area contributed by atoms with Gasteiger partial charge >= 0.3 is 5.97 Å². The van der Waals surface area contributed by atoms with Crippen LogP contribution in [0.1, 0.15) is 40.4 Å². The number of methoxy groups -OCH3 is 1. The lowest BCUT2D eigenvalue weighted by Gasteiger charge is -2.35. The molecular formula is C33H24BrClN6O4. The van der Waals surface area contributed by atoms with E-state index in [-0.39, 0.29) is 39.2 Å². The number of aromatic hydroxyl groups is 2. The van der Waals surface area contributed by atoms with Gasteiger partial charge in [-0.1, -0.05) is 49.2 Å². The van der Waals surface area contributed by atoms with Crippen LogP contribution >= 0.6 is 27.5 Å². The van der Waals surface area contributed by atoms with Gasteiger partial charge in [-0.3, -0.25) is 9.80 Å². The average Bonchev–Trinajstić information content (AvgIpc) is 3.04. The standard InChI is InChI=1S/C33H24BrClN6O4/c1-3-8-22-20(17-36)13-15-27(30(22)42)41(28-16-14-21(18-37)29(31(28)43)32(44)45-2)33(39-19-38)40(25-11-6-4-9-23(25)34)26-12-7-5-10-24(26)35/h4-7,9-16,42-43H,3,8H2,1-2H3. The minimum Gasteiger partial charge on any atom is -0.505 e. The second-order valence-corrected chi connectivity index (χ2v) is 10.6. The second-order valence-electron chi connectivity index (χ2n) is 9.37. The van der Waals surface area contributed by atoms with Crippen molar-refractivity contribution < 1.29 is 19.7 Å². The molecule has 0 aliphatic rings. The predicted molar refractivity (Wildman–Crippen MR) is 174 cm³/mol. The van der Waals surface area contributed by atoms with Crippen LogP contribution in [0.3, 0.4) is 0 Å². The first-order valence-electron chi connectivity index (χ1n) is 13.4. The third kappa shape index (κ3) is 6.25. The van der Waals surface area contributed by atoms with Crippen molar-refractivity contribution in [2.45, 2.75) is 19.8 Å². The highest BCUT2D eigenvalue weighted by atomic mass is 79.9. The van der Waals surface area contributed by atoms with E-state index < -0.39 is 17.3 Å². The molecule has 0 amide bonds. The number of carbonyl (C=O) groups excluding carboxylic acids is 1. The molecule has 224 valence electrons. The molecule has 0 fully saturated rings. The molecule has 0 spiro atoms. The number of aliphatic imine (C=N–C) groups is 1. The van der Waals surface area contributed by atoms with E-state index in [9.17, 15) is 30.8 Å². The van der Waals surface area contributed by atoms with Crippen molar-refractivity contribution in [3.05, 3.63) is 105 Å². The molecule has 0 aliphatic heterocycles. The van der Waals surface area contributed by atoms with Gasteiger partial charge in [-0.05, 0) is 70.9 Å². The number of ether oxygens (including phenoxy) is 1. The number of halogens is 2. The molecular weight excluding hydrogens is 660 g/mol. The summed E-state index contributed by atoms with van der Waals surface area (Å²) in [4.78, 5) is 19.8. The summed E-state index contributed by atoms with van der Waals surface area (Å²) >= 11 is 10.3. The van der Waals surface area contributed by atoms with Crippen molar-refractivity contribution in [1.82, 2.24) is 0 Å². The maximum Gasteiger partial charge on any atom is 0.343 e. The maximum absolute atomic E-state index is 12.8. The first-order valence-corrected chi connectivity index (χ1v) is 14.6. The SMILES string of the molecule is CCCc1c(C#N)ccc(N(C(=NC#N)N(c2ccccc2Cl)c2ccccc2Br)c2ccc(C#N)c(C(=O)OC)c2O)c1O. The number of hydrogen-bond acceptors (Lipinski definition) is 8. The summed E-state index contributed by atoms with van der Waals surface area (Å²) in [6.45, 7) is 1.88. The predicted octanol–water partition coefficient (Wildman–Crippen LogP) is 7.81. The fourth-order valence-corrected chi connectivity index (χ4v) is 5.46. The summed E-state index contributed by atoms with van der Waals surface area (Å²) < 4.78 is 5.43. The molecule has 12 heteroatoms. The number of phenolic OH excluding ortho intramolecular Hbond substituents is 2. The molecule has 4 aromatic rings. The molecule has 0 atom stereocenters. The van der Waals surface area contributed by atoms with Crippen molar-refractivity contribution in [2.24, 2.45) is 4.99 Å². The van der Waals surface area contributed by atoms with Crippen LogP contribution in [-0.2, 0) is 11.2 Å². The van der Waals surface area contributed by atoms with E-state index in [0.717, 1.165) is 7.11 Å². The lowest BCUT2D eigenvalue weighted by atomic mass is 10.00. The first-order chi connectivity index (χ1) is 21.7. The topological polar surface area (TPSA) is 157 Å². The van der Waals surface area contributed by atoms with Crippen LogP contribution < -0.4 is 9.80 Å². The molecule has 4 aromatic carbocycles. The lowest BCUT2D eigenvalue weighted by molar-refractivity contribution is 0.0597. The van der Waals surface area contributed by atoms with Gasteiger partial charge in [0, 0.05) is 10.0 Å². The number of anilines is 4. The van der Waals surface area contributed by atoms with Crippen LogP contribution in [0.5, 0.6) is 11.5 Å². The van der Waals surface area contributed by atoms with Gasteiger partial charge in [0.25, 0.3) is 0 Å². The molecule has 4 rings (SSSR count). The third-order valence-corrected chi connectivity index (χ3v) is 7.76. The van der Waals surface area contributed by atoms with Gasteiger partial charge in [0.1, 0.15) is 17.4 Å². The second kappa shape index (κ2) is 14.3. The van der Waals surface area contributed by atoms with E-state index in [1.165, 1.54) is 34.1 Å². The van der Waals surface area contributed by atoms with Crippen molar-refractivity contribution in [3.8, 4) is 29.8 Å². The van der Waals surface area contributed by atoms with E-state index in [0.29, 0.717) is 34.3 Å². The van der Waals surface area contributed by atoms with Crippen LogP contribution in [0.2, 0.25) is 5.02 Å². The number of esters is 1. The molecule has 0 bridgehead atoms. The zero-order valence-electron chi connectivity index (χ0n) is 24.0.